The molecule has 0 radical (unpaired) electrons. The standard InChI is InChI=1S/C28H28FN7O2S/c1-4-22-27(35(3)28-34-26(23(15-30)39-28)17-6-9-19(29)10-7-17)36-16-18(8-13-24(36)33-22)21(32)12-11-20(31)14-25(37)38-5-2/h6-13,16H,4-5,14,31-32H2,1-3H3/b20-11-,21-12-. The molecule has 200 valence electrons. The minimum absolute atomic E-state index is 0.0224. The van der Waals surface area contributed by atoms with E-state index < -0.39 is 5.97 Å². The molecule has 0 bridgehead atoms. The second kappa shape index (κ2) is 11.8. The molecule has 9 nitrogen and oxygen atoms in total. The van der Waals surface area contributed by atoms with Gasteiger partial charge in [-0.05, 0) is 61.9 Å². The summed E-state index contributed by atoms with van der Waals surface area (Å²) in [6, 6.07) is 11.8. The first-order chi connectivity index (χ1) is 18.7. The van der Waals surface area contributed by atoms with Gasteiger partial charge in [0, 0.05) is 35.8 Å². The van der Waals surface area contributed by atoms with Gasteiger partial charge in [0.25, 0.3) is 0 Å². The number of carbonyl (C=O) groups excluding carboxylic acids is 1. The number of halogens is 1. The van der Waals surface area contributed by atoms with Crippen molar-refractivity contribution in [2.45, 2.75) is 26.7 Å². The van der Waals surface area contributed by atoms with E-state index in [0.29, 0.717) is 39.1 Å². The molecule has 0 atom stereocenters. The van der Waals surface area contributed by atoms with Crippen LogP contribution in [0.3, 0.4) is 0 Å². The Bertz CT molecular complexity index is 1610. The normalized spacial score (nSPS) is 12.0. The maximum absolute atomic E-state index is 13.5. The molecule has 4 rings (SSSR count). The van der Waals surface area contributed by atoms with Crippen molar-refractivity contribution in [1.82, 2.24) is 14.4 Å². The number of anilines is 2. The molecule has 3 aromatic heterocycles. The zero-order valence-corrected chi connectivity index (χ0v) is 22.6. The summed E-state index contributed by atoms with van der Waals surface area (Å²) in [4.78, 5) is 23.5. The second-order valence-corrected chi connectivity index (χ2v) is 9.56. The monoisotopic (exact) mass is 545 g/mol. The van der Waals surface area contributed by atoms with Crippen LogP contribution in [0.2, 0.25) is 0 Å². The van der Waals surface area contributed by atoms with Crippen LogP contribution in [0.5, 0.6) is 0 Å². The topological polar surface area (TPSA) is 136 Å². The summed E-state index contributed by atoms with van der Waals surface area (Å²) in [7, 11) is 1.86. The molecule has 11 heteroatoms. The number of hydrogen-bond acceptors (Lipinski definition) is 9. The Morgan fingerprint density at radius 2 is 1.92 bits per heavy atom. The number of imidazole rings is 1. The van der Waals surface area contributed by atoms with Crippen LogP contribution in [0.1, 0.15) is 36.4 Å². The fourth-order valence-electron chi connectivity index (χ4n) is 4.00. The van der Waals surface area contributed by atoms with Crippen LogP contribution in [-0.4, -0.2) is 34.0 Å². The smallest absolute Gasteiger partial charge is 0.311 e. The Morgan fingerprint density at radius 1 is 1.18 bits per heavy atom. The fourth-order valence-corrected chi connectivity index (χ4v) is 4.85. The lowest BCUT2D eigenvalue weighted by atomic mass is 10.1. The van der Waals surface area contributed by atoms with E-state index >= 15 is 0 Å². The molecule has 0 aliphatic rings. The first-order valence-electron chi connectivity index (χ1n) is 12.2. The molecule has 4 aromatic rings. The molecule has 4 N–H and O–H groups in total. The fraction of sp³-hybridized carbons (Fsp3) is 0.214. The number of nitrogens with zero attached hydrogens (tertiary/aromatic N) is 5. The van der Waals surface area contributed by atoms with Gasteiger partial charge in [-0.15, -0.1) is 0 Å². The summed E-state index contributed by atoms with van der Waals surface area (Å²) in [6.07, 6.45) is 5.74. The number of rotatable bonds is 9. The molecule has 0 amide bonds. The third-order valence-corrected chi connectivity index (χ3v) is 6.94. The third kappa shape index (κ3) is 5.91. The van der Waals surface area contributed by atoms with E-state index in [1.807, 2.05) is 41.6 Å². The first kappa shape index (κ1) is 27.3. The summed E-state index contributed by atoms with van der Waals surface area (Å²) in [6.45, 7) is 4.04. The van der Waals surface area contributed by atoms with Crippen molar-refractivity contribution in [3.8, 4) is 17.3 Å². The number of hydrogen-bond donors (Lipinski definition) is 2. The molecule has 3 heterocycles. The van der Waals surface area contributed by atoms with Gasteiger partial charge >= 0.3 is 5.97 Å². The van der Waals surface area contributed by atoms with Crippen molar-refractivity contribution in [1.29, 1.82) is 5.26 Å². The first-order valence-corrected chi connectivity index (χ1v) is 13.1. The van der Waals surface area contributed by atoms with Crippen LogP contribution in [0.4, 0.5) is 15.3 Å². The number of nitriles is 1. The van der Waals surface area contributed by atoms with Crippen LogP contribution < -0.4 is 16.4 Å². The SMILES string of the molecule is CCOC(=O)C/C(N)=C/C=C(\N)c1ccc2nc(CC)c(N(C)c3nc(-c4ccc(F)cc4)c(C#N)s3)n2c1. The average molecular weight is 546 g/mol. The van der Waals surface area contributed by atoms with Gasteiger partial charge in [0.1, 0.15) is 33.9 Å². The van der Waals surface area contributed by atoms with E-state index in [1.165, 1.54) is 23.5 Å². The van der Waals surface area contributed by atoms with E-state index in [9.17, 15) is 14.4 Å². The third-order valence-electron chi connectivity index (χ3n) is 5.90. The van der Waals surface area contributed by atoms with Crippen molar-refractivity contribution in [3.05, 3.63) is 82.4 Å². The number of fused-ring (bicyclic) bond motifs is 1. The van der Waals surface area contributed by atoms with Crippen LogP contribution >= 0.6 is 11.3 Å². The van der Waals surface area contributed by atoms with Gasteiger partial charge in [0.05, 0.1) is 18.7 Å². The van der Waals surface area contributed by atoms with Gasteiger partial charge in [0.2, 0.25) is 0 Å². The minimum Gasteiger partial charge on any atom is -0.466 e. The van der Waals surface area contributed by atoms with Gasteiger partial charge in [-0.3, -0.25) is 9.20 Å². The number of aromatic nitrogens is 3. The van der Waals surface area contributed by atoms with E-state index in [-0.39, 0.29) is 18.8 Å². The number of pyridine rings is 1. The minimum atomic E-state index is -0.401. The van der Waals surface area contributed by atoms with E-state index in [0.717, 1.165) is 22.7 Å². The van der Waals surface area contributed by atoms with Crippen molar-refractivity contribution >= 4 is 39.6 Å². The number of ether oxygens (including phenoxy) is 1. The van der Waals surface area contributed by atoms with E-state index in [1.54, 1.807) is 31.2 Å². The molecule has 0 spiro atoms. The molecule has 1 aromatic carbocycles. The maximum Gasteiger partial charge on any atom is 0.311 e. The summed E-state index contributed by atoms with van der Waals surface area (Å²) in [5.74, 6) is 0.0232. The molecule has 0 unspecified atom stereocenters. The Labute approximate surface area is 229 Å². The van der Waals surface area contributed by atoms with Crippen LogP contribution in [0, 0.1) is 17.1 Å². The van der Waals surface area contributed by atoms with Crippen LogP contribution in [-0.2, 0) is 16.0 Å². The summed E-state index contributed by atoms with van der Waals surface area (Å²) in [5.41, 5.74) is 16.5. The Kier molecular flexibility index (Phi) is 8.27. The van der Waals surface area contributed by atoms with Gasteiger partial charge in [-0.1, -0.05) is 18.3 Å². The zero-order valence-electron chi connectivity index (χ0n) is 21.8. The molecule has 39 heavy (non-hydrogen) atoms. The predicted molar refractivity (Wildman–Crippen MR) is 151 cm³/mol. The Morgan fingerprint density at radius 3 is 2.59 bits per heavy atom. The summed E-state index contributed by atoms with van der Waals surface area (Å²) < 4.78 is 20.3. The van der Waals surface area contributed by atoms with Gasteiger partial charge in [-0.25, -0.2) is 14.4 Å². The highest BCUT2D eigenvalue weighted by molar-refractivity contribution is 7.16. The molecule has 0 aliphatic heterocycles. The van der Waals surface area contributed by atoms with Crippen molar-refractivity contribution < 1.29 is 13.9 Å². The highest BCUT2D eigenvalue weighted by Gasteiger charge is 2.22. The van der Waals surface area contributed by atoms with E-state index in [2.05, 4.69) is 6.07 Å². The van der Waals surface area contributed by atoms with Crippen molar-refractivity contribution in [2.24, 2.45) is 11.5 Å². The number of thiazole rings is 1. The molecule has 0 aliphatic carbocycles. The highest BCUT2D eigenvalue weighted by Crippen LogP contribution is 2.37. The zero-order chi connectivity index (χ0) is 28.1. The second-order valence-electron chi connectivity index (χ2n) is 8.58. The van der Waals surface area contributed by atoms with Gasteiger partial charge in [0.15, 0.2) is 5.13 Å². The van der Waals surface area contributed by atoms with Gasteiger partial charge in [-0.2, -0.15) is 5.26 Å². The van der Waals surface area contributed by atoms with Gasteiger partial charge < -0.3 is 21.1 Å². The molecule has 0 fully saturated rings. The number of aryl methyl sites for hydroxylation is 1. The average Bonchev–Trinajstić information content (AvgIpc) is 3.53. The maximum atomic E-state index is 13.5. The Hall–Kier alpha value is -4.69. The largest absolute Gasteiger partial charge is 0.466 e. The predicted octanol–water partition coefficient (Wildman–Crippen LogP) is 4.89. The Balaban J connectivity index is 1.71. The molecule has 0 saturated carbocycles. The van der Waals surface area contributed by atoms with Crippen molar-refractivity contribution in [3.63, 3.8) is 0 Å². The number of esters is 1. The van der Waals surface area contributed by atoms with E-state index in [4.69, 9.17) is 26.2 Å². The number of carbonyl (C=O) groups is 1. The number of allylic oxidation sites excluding steroid dienone is 2. The molecule has 0 saturated heterocycles. The van der Waals surface area contributed by atoms with Crippen molar-refractivity contribution in [2.75, 3.05) is 18.6 Å². The van der Waals surface area contributed by atoms with Crippen LogP contribution in [0.15, 0.2) is 60.4 Å². The highest BCUT2D eigenvalue weighted by atomic mass is 32.1. The van der Waals surface area contributed by atoms with Crippen LogP contribution in [0.25, 0.3) is 22.6 Å². The lowest BCUT2D eigenvalue weighted by molar-refractivity contribution is -0.142. The summed E-state index contributed by atoms with van der Waals surface area (Å²) >= 11 is 1.25. The molecular formula is C28H28FN7O2S. The lowest BCUT2D eigenvalue weighted by Gasteiger charge is -2.17. The lowest BCUT2D eigenvalue weighted by Crippen LogP contribution is -2.14. The number of nitrogens with two attached hydrogens (primary N) is 2. The quantitative estimate of drug-likeness (QED) is 0.224. The summed E-state index contributed by atoms with van der Waals surface area (Å²) in [5, 5.41) is 10.3. The molecular weight excluding hydrogens is 517 g/mol. The number of benzene rings is 1.